The lowest BCUT2D eigenvalue weighted by Crippen LogP contribution is -2.56. The Labute approximate surface area is 181 Å². The minimum absolute atomic E-state index is 0.346. The van der Waals surface area contributed by atoms with Crippen molar-refractivity contribution < 1.29 is 29.0 Å². The number of ether oxygens (including phenoxy) is 2. The standard InChI is InChI=1S/C24H40O6/c1-4-5-6-7-8-9-10-11-12-13-14-15-16-22(29-19(2)25)24(28)21(27)17-18-23(24)30-20(3)26/h17-18,22-23,28H,4-16H2,1-3H3/t22?,23-,24-/m0/s1. The highest BCUT2D eigenvalue weighted by Crippen LogP contribution is 2.32. The highest BCUT2D eigenvalue weighted by Gasteiger charge is 2.54. The van der Waals surface area contributed by atoms with Crippen molar-refractivity contribution in [1.29, 1.82) is 0 Å². The Bertz CT molecular complexity index is 570. The van der Waals surface area contributed by atoms with Crippen LogP contribution in [-0.4, -0.2) is 40.6 Å². The molecule has 0 aromatic heterocycles. The van der Waals surface area contributed by atoms with Gasteiger partial charge in [-0.05, 0) is 25.0 Å². The van der Waals surface area contributed by atoms with Gasteiger partial charge in [-0.15, -0.1) is 0 Å². The fourth-order valence-electron chi connectivity index (χ4n) is 3.98. The molecular weight excluding hydrogens is 384 g/mol. The van der Waals surface area contributed by atoms with Crippen LogP contribution in [0.3, 0.4) is 0 Å². The van der Waals surface area contributed by atoms with Gasteiger partial charge in [0.25, 0.3) is 0 Å². The molecule has 1 aliphatic rings. The zero-order chi connectivity index (χ0) is 22.4. The first-order chi connectivity index (χ1) is 14.3. The molecule has 0 amide bonds. The van der Waals surface area contributed by atoms with Crippen LogP contribution in [-0.2, 0) is 23.9 Å². The van der Waals surface area contributed by atoms with E-state index in [1.807, 2.05) is 0 Å². The zero-order valence-electron chi connectivity index (χ0n) is 19.0. The molecule has 0 radical (unpaired) electrons. The first-order valence-electron chi connectivity index (χ1n) is 11.6. The van der Waals surface area contributed by atoms with E-state index in [-0.39, 0.29) is 0 Å². The van der Waals surface area contributed by atoms with Crippen LogP contribution in [0.15, 0.2) is 12.2 Å². The van der Waals surface area contributed by atoms with Crippen LogP contribution < -0.4 is 0 Å². The summed E-state index contributed by atoms with van der Waals surface area (Å²) in [6, 6.07) is 0. The molecule has 0 spiro atoms. The van der Waals surface area contributed by atoms with Crippen molar-refractivity contribution >= 4 is 17.7 Å². The van der Waals surface area contributed by atoms with Crippen LogP contribution in [0.5, 0.6) is 0 Å². The van der Waals surface area contributed by atoms with E-state index < -0.39 is 35.5 Å². The normalized spacial score (nSPS) is 21.6. The third-order valence-corrected chi connectivity index (χ3v) is 5.66. The highest BCUT2D eigenvalue weighted by atomic mass is 16.6. The summed E-state index contributed by atoms with van der Waals surface area (Å²) < 4.78 is 10.4. The number of hydrogen-bond acceptors (Lipinski definition) is 6. The van der Waals surface area contributed by atoms with Gasteiger partial charge >= 0.3 is 11.9 Å². The Morgan fingerprint density at radius 2 is 1.43 bits per heavy atom. The van der Waals surface area contributed by atoms with Gasteiger partial charge in [0.2, 0.25) is 5.60 Å². The van der Waals surface area contributed by atoms with E-state index in [1.54, 1.807) is 0 Å². The first kappa shape index (κ1) is 26.3. The van der Waals surface area contributed by atoms with Gasteiger partial charge in [0, 0.05) is 13.8 Å². The molecule has 0 fully saturated rings. The van der Waals surface area contributed by atoms with E-state index in [4.69, 9.17) is 9.47 Å². The number of rotatable bonds is 16. The summed E-state index contributed by atoms with van der Waals surface area (Å²) in [6.45, 7) is 4.69. The minimum atomic E-state index is -2.05. The van der Waals surface area contributed by atoms with Gasteiger partial charge in [-0.2, -0.15) is 0 Å². The molecule has 0 aromatic carbocycles. The van der Waals surface area contributed by atoms with Crippen LogP contribution >= 0.6 is 0 Å². The van der Waals surface area contributed by atoms with Crippen molar-refractivity contribution in [2.75, 3.05) is 0 Å². The van der Waals surface area contributed by atoms with E-state index in [2.05, 4.69) is 6.92 Å². The predicted octanol–water partition coefficient (Wildman–Crippen LogP) is 4.81. The average Bonchev–Trinajstić information content (AvgIpc) is 2.96. The number of esters is 2. The molecule has 6 heteroatoms. The van der Waals surface area contributed by atoms with Crippen LogP contribution in [0.1, 0.15) is 104 Å². The Kier molecular flexibility index (Phi) is 12.6. The predicted molar refractivity (Wildman–Crippen MR) is 116 cm³/mol. The van der Waals surface area contributed by atoms with E-state index in [0.717, 1.165) is 25.7 Å². The number of carbonyl (C=O) groups excluding carboxylic acids is 3. The molecule has 0 aromatic rings. The maximum Gasteiger partial charge on any atom is 0.303 e. The third kappa shape index (κ3) is 8.99. The summed E-state index contributed by atoms with van der Waals surface area (Å²) in [5.74, 6) is -1.78. The van der Waals surface area contributed by atoms with Crippen LogP contribution in [0.25, 0.3) is 0 Å². The molecule has 1 N–H and O–H groups in total. The SMILES string of the molecule is CCCCCCCCCCCCCCC(OC(C)=O)[C@@]1(O)C(=O)C=C[C@@H]1OC(C)=O. The Balaban J connectivity index is 2.36. The fraction of sp³-hybridized carbons (Fsp3) is 0.792. The molecule has 1 unspecified atom stereocenters. The second-order valence-electron chi connectivity index (χ2n) is 8.35. The van der Waals surface area contributed by atoms with E-state index in [9.17, 15) is 19.5 Å². The second kappa shape index (κ2) is 14.3. The first-order valence-corrected chi connectivity index (χ1v) is 11.6. The monoisotopic (exact) mass is 424 g/mol. The van der Waals surface area contributed by atoms with Crippen LogP contribution in [0, 0.1) is 0 Å². The average molecular weight is 425 g/mol. The number of aliphatic hydroxyl groups is 1. The number of unbranched alkanes of at least 4 members (excludes halogenated alkanes) is 11. The lowest BCUT2D eigenvalue weighted by Gasteiger charge is -2.34. The summed E-state index contributed by atoms with van der Waals surface area (Å²) in [4.78, 5) is 35.2. The molecule has 0 saturated carbocycles. The highest BCUT2D eigenvalue weighted by molar-refractivity contribution is 6.01. The lowest BCUT2D eigenvalue weighted by molar-refractivity contribution is -0.186. The maximum atomic E-state index is 12.3. The summed E-state index contributed by atoms with van der Waals surface area (Å²) in [5, 5.41) is 11.0. The van der Waals surface area contributed by atoms with Gasteiger partial charge in [-0.1, -0.05) is 77.6 Å². The van der Waals surface area contributed by atoms with Gasteiger partial charge in [0.15, 0.2) is 11.9 Å². The number of carbonyl (C=O) groups is 3. The molecule has 30 heavy (non-hydrogen) atoms. The zero-order valence-corrected chi connectivity index (χ0v) is 19.0. The Morgan fingerprint density at radius 3 is 1.90 bits per heavy atom. The van der Waals surface area contributed by atoms with Crippen LogP contribution in [0.2, 0.25) is 0 Å². The molecule has 172 valence electrons. The van der Waals surface area contributed by atoms with Crippen molar-refractivity contribution in [2.45, 2.75) is 122 Å². The summed E-state index contributed by atoms with van der Waals surface area (Å²) >= 11 is 0. The minimum Gasteiger partial charge on any atom is -0.459 e. The van der Waals surface area contributed by atoms with E-state index >= 15 is 0 Å². The van der Waals surface area contributed by atoms with Crippen molar-refractivity contribution in [3.8, 4) is 0 Å². The number of ketones is 1. The van der Waals surface area contributed by atoms with Crippen molar-refractivity contribution in [3.63, 3.8) is 0 Å². The molecule has 1 rings (SSSR count). The van der Waals surface area contributed by atoms with Crippen LogP contribution in [0.4, 0.5) is 0 Å². The molecule has 0 saturated heterocycles. The largest absolute Gasteiger partial charge is 0.459 e. The van der Waals surface area contributed by atoms with Crippen molar-refractivity contribution in [3.05, 3.63) is 12.2 Å². The topological polar surface area (TPSA) is 89.9 Å². The summed E-state index contributed by atoms with van der Waals surface area (Å²) in [6.07, 6.45) is 15.0. The summed E-state index contributed by atoms with van der Waals surface area (Å²) in [7, 11) is 0. The quantitative estimate of drug-likeness (QED) is 0.282. The smallest absolute Gasteiger partial charge is 0.303 e. The summed E-state index contributed by atoms with van der Waals surface area (Å²) in [5.41, 5.74) is -2.05. The fourth-order valence-corrected chi connectivity index (χ4v) is 3.98. The van der Waals surface area contributed by atoms with E-state index in [1.165, 1.54) is 77.4 Å². The molecular formula is C24H40O6. The maximum absolute atomic E-state index is 12.3. The molecule has 0 aliphatic heterocycles. The van der Waals surface area contributed by atoms with Gasteiger partial charge < -0.3 is 14.6 Å². The lowest BCUT2D eigenvalue weighted by atomic mass is 9.87. The van der Waals surface area contributed by atoms with Gasteiger partial charge in [0.1, 0.15) is 6.10 Å². The second-order valence-corrected chi connectivity index (χ2v) is 8.35. The molecule has 1 aliphatic carbocycles. The number of hydrogen-bond donors (Lipinski definition) is 1. The Hall–Kier alpha value is -1.69. The van der Waals surface area contributed by atoms with Gasteiger partial charge in [0.05, 0.1) is 0 Å². The van der Waals surface area contributed by atoms with Gasteiger partial charge in [-0.3, -0.25) is 14.4 Å². The molecule has 0 bridgehead atoms. The Morgan fingerprint density at radius 1 is 0.933 bits per heavy atom. The molecule has 0 heterocycles. The third-order valence-electron chi connectivity index (χ3n) is 5.66. The molecule has 6 nitrogen and oxygen atoms in total. The van der Waals surface area contributed by atoms with Crippen molar-refractivity contribution in [2.24, 2.45) is 0 Å². The molecule has 3 atom stereocenters. The van der Waals surface area contributed by atoms with E-state index in [0.29, 0.717) is 6.42 Å². The van der Waals surface area contributed by atoms with Gasteiger partial charge in [-0.25, -0.2) is 0 Å². The van der Waals surface area contributed by atoms with Crippen molar-refractivity contribution in [1.82, 2.24) is 0 Å².